The molecule has 40 heavy (non-hydrogen) atoms. The van der Waals surface area contributed by atoms with Gasteiger partial charge in [-0.15, -0.1) is 0 Å². The van der Waals surface area contributed by atoms with E-state index in [-0.39, 0.29) is 24.0 Å². The topological polar surface area (TPSA) is 108 Å². The SMILES string of the molecule is C[C@H](O)C(=O)N1CCC(Oc2ccc(-c3n[nH]c4ccc(C(=O)N[C@H](c5ccccc5)C5CC5)cc34)cc2)CC1. The monoisotopic (exact) mass is 538 g/mol. The maximum Gasteiger partial charge on any atom is 0.251 e. The summed E-state index contributed by atoms with van der Waals surface area (Å²) in [6.45, 7) is 2.66. The Hall–Kier alpha value is -4.17. The fourth-order valence-electron chi connectivity index (χ4n) is 5.51. The van der Waals surface area contributed by atoms with E-state index in [4.69, 9.17) is 4.74 Å². The van der Waals surface area contributed by atoms with Crippen molar-refractivity contribution in [1.29, 1.82) is 0 Å². The lowest BCUT2D eigenvalue weighted by molar-refractivity contribution is -0.141. The van der Waals surface area contributed by atoms with Crippen LogP contribution in [0, 0.1) is 5.92 Å². The molecular weight excluding hydrogens is 504 g/mol. The number of nitrogens with zero attached hydrogens (tertiary/aromatic N) is 2. The van der Waals surface area contributed by atoms with Crippen molar-refractivity contribution in [1.82, 2.24) is 20.4 Å². The molecule has 0 bridgehead atoms. The molecule has 4 aromatic rings. The number of hydrogen-bond donors (Lipinski definition) is 3. The van der Waals surface area contributed by atoms with Gasteiger partial charge in [-0.25, -0.2) is 0 Å². The number of hydrogen-bond acceptors (Lipinski definition) is 5. The predicted octanol–water partition coefficient (Wildman–Crippen LogP) is 4.86. The highest BCUT2D eigenvalue weighted by atomic mass is 16.5. The first-order chi connectivity index (χ1) is 19.5. The van der Waals surface area contributed by atoms with Gasteiger partial charge in [0.1, 0.15) is 18.0 Å². The number of aliphatic hydroxyl groups is 1. The summed E-state index contributed by atoms with van der Waals surface area (Å²) < 4.78 is 6.17. The second-order valence-electron chi connectivity index (χ2n) is 10.9. The van der Waals surface area contributed by atoms with Crippen molar-refractivity contribution < 1.29 is 19.4 Å². The second kappa shape index (κ2) is 11.1. The van der Waals surface area contributed by atoms with Gasteiger partial charge in [0.05, 0.1) is 17.3 Å². The van der Waals surface area contributed by atoms with Crippen LogP contribution in [-0.4, -0.2) is 57.3 Å². The van der Waals surface area contributed by atoms with Crippen LogP contribution in [0.5, 0.6) is 5.75 Å². The van der Waals surface area contributed by atoms with E-state index in [1.807, 2.05) is 60.7 Å². The molecule has 2 fully saturated rings. The fourth-order valence-corrected chi connectivity index (χ4v) is 5.51. The maximum atomic E-state index is 13.3. The summed E-state index contributed by atoms with van der Waals surface area (Å²) in [5, 5.41) is 21.3. The molecule has 1 saturated heterocycles. The van der Waals surface area contributed by atoms with Gasteiger partial charge in [0.2, 0.25) is 0 Å². The first-order valence-corrected chi connectivity index (χ1v) is 14.0. The molecule has 206 valence electrons. The Kier molecular flexibility index (Phi) is 7.26. The molecule has 1 aliphatic heterocycles. The van der Waals surface area contributed by atoms with E-state index >= 15 is 0 Å². The van der Waals surface area contributed by atoms with Gasteiger partial charge >= 0.3 is 0 Å². The molecule has 8 heteroatoms. The number of aliphatic hydroxyl groups excluding tert-OH is 1. The maximum absolute atomic E-state index is 13.3. The zero-order valence-electron chi connectivity index (χ0n) is 22.5. The minimum absolute atomic E-state index is 0.0199. The van der Waals surface area contributed by atoms with Gasteiger partial charge in [0, 0.05) is 42.4 Å². The highest BCUT2D eigenvalue weighted by Crippen LogP contribution is 2.41. The second-order valence-corrected chi connectivity index (χ2v) is 10.9. The van der Waals surface area contributed by atoms with Crippen molar-refractivity contribution in [2.24, 2.45) is 5.92 Å². The Balaban J connectivity index is 1.14. The molecule has 8 nitrogen and oxygen atoms in total. The molecule has 6 rings (SSSR count). The number of carbonyl (C=O) groups is 2. The summed E-state index contributed by atoms with van der Waals surface area (Å²) in [6.07, 6.45) is 2.76. The summed E-state index contributed by atoms with van der Waals surface area (Å²) in [5.41, 5.74) is 4.32. The Morgan fingerprint density at radius 2 is 1.73 bits per heavy atom. The molecular formula is C32H34N4O4. The highest BCUT2D eigenvalue weighted by molar-refractivity contribution is 6.01. The van der Waals surface area contributed by atoms with Crippen LogP contribution in [0.4, 0.5) is 0 Å². The third-order valence-corrected chi connectivity index (χ3v) is 7.91. The van der Waals surface area contributed by atoms with Crippen molar-refractivity contribution in [2.45, 2.75) is 50.9 Å². The minimum atomic E-state index is -0.970. The van der Waals surface area contributed by atoms with E-state index in [1.54, 1.807) is 4.90 Å². The molecule has 1 saturated carbocycles. The van der Waals surface area contributed by atoms with Crippen molar-refractivity contribution in [3.05, 3.63) is 83.9 Å². The number of rotatable bonds is 8. The summed E-state index contributed by atoms with van der Waals surface area (Å²) in [5.74, 6) is 0.934. The molecule has 2 heterocycles. The van der Waals surface area contributed by atoms with Gasteiger partial charge in [-0.3, -0.25) is 14.7 Å². The highest BCUT2D eigenvalue weighted by Gasteiger charge is 2.33. The molecule has 1 aromatic heterocycles. The number of carbonyl (C=O) groups excluding carboxylic acids is 2. The van der Waals surface area contributed by atoms with Gasteiger partial charge < -0.3 is 20.1 Å². The van der Waals surface area contributed by atoms with Crippen LogP contribution in [-0.2, 0) is 4.79 Å². The summed E-state index contributed by atoms with van der Waals surface area (Å²) in [6, 6.07) is 23.7. The average Bonchev–Trinajstić information content (AvgIpc) is 3.74. The normalized spacial score (nSPS) is 17.4. The van der Waals surface area contributed by atoms with Crippen LogP contribution in [0.3, 0.4) is 0 Å². The molecule has 0 radical (unpaired) electrons. The molecule has 3 N–H and O–H groups in total. The van der Waals surface area contributed by atoms with Gasteiger partial charge in [0.25, 0.3) is 11.8 Å². The van der Waals surface area contributed by atoms with Crippen molar-refractivity contribution >= 4 is 22.7 Å². The van der Waals surface area contributed by atoms with Crippen LogP contribution in [0.25, 0.3) is 22.2 Å². The van der Waals surface area contributed by atoms with E-state index in [1.165, 1.54) is 6.92 Å². The van der Waals surface area contributed by atoms with Gasteiger partial charge in [0.15, 0.2) is 0 Å². The van der Waals surface area contributed by atoms with E-state index in [0.717, 1.165) is 59.2 Å². The van der Waals surface area contributed by atoms with E-state index in [0.29, 0.717) is 24.6 Å². The number of aromatic amines is 1. The van der Waals surface area contributed by atoms with Crippen molar-refractivity contribution in [3.63, 3.8) is 0 Å². The first-order valence-electron chi connectivity index (χ1n) is 14.0. The third kappa shape index (κ3) is 5.58. The molecule has 2 atom stereocenters. The van der Waals surface area contributed by atoms with Crippen LogP contribution in [0.1, 0.15) is 54.6 Å². The number of aromatic nitrogens is 2. The predicted molar refractivity (Wildman–Crippen MR) is 153 cm³/mol. The number of nitrogens with one attached hydrogen (secondary N) is 2. The Morgan fingerprint density at radius 1 is 1.00 bits per heavy atom. The fraction of sp³-hybridized carbons (Fsp3) is 0.344. The Bertz CT molecular complexity index is 1490. The largest absolute Gasteiger partial charge is 0.490 e. The number of amides is 2. The summed E-state index contributed by atoms with van der Waals surface area (Å²) in [4.78, 5) is 27.0. The number of likely N-dealkylation sites (tertiary alicyclic amines) is 1. The molecule has 0 spiro atoms. The number of fused-ring (bicyclic) bond motifs is 1. The number of piperidine rings is 1. The van der Waals surface area contributed by atoms with Crippen LogP contribution in [0.15, 0.2) is 72.8 Å². The lowest BCUT2D eigenvalue weighted by Crippen LogP contribution is -2.45. The minimum Gasteiger partial charge on any atom is -0.490 e. The van der Waals surface area contributed by atoms with Crippen LogP contribution in [0.2, 0.25) is 0 Å². The zero-order chi connectivity index (χ0) is 27.6. The number of ether oxygens (including phenoxy) is 1. The summed E-state index contributed by atoms with van der Waals surface area (Å²) >= 11 is 0. The standard InChI is InChI=1S/C32H34N4O4/c1-20(37)32(39)36-17-15-26(16-18-36)40-25-12-9-23(10-13-25)30-27-19-24(11-14-28(27)34-35-30)31(38)33-29(22-7-8-22)21-5-3-2-4-6-21/h2-6,9-14,19-20,22,26,29,37H,7-8,15-18H2,1H3,(H,33,38)(H,34,35)/t20-,29+/m0/s1. The smallest absolute Gasteiger partial charge is 0.251 e. The number of benzene rings is 3. The van der Waals surface area contributed by atoms with Gasteiger partial charge in [-0.1, -0.05) is 30.3 Å². The van der Waals surface area contributed by atoms with Crippen molar-refractivity contribution in [2.75, 3.05) is 13.1 Å². The lowest BCUT2D eigenvalue weighted by atomic mass is 10.0. The molecule has 1 aliphatic carbocycles. The van der Waals surface area contributed by atoms with E-state index in [9.17, 15) is 14.7 Å². The molecule has 2 aliphatic rings. The zero-order valence-corrected chi connectivity index (χ0v) is 22.5. The summed E-state index contributed by atoms with van der Waals surface area (Å²) in [7, 11) is 0. The van der Waals surface area contributed by atoms with E-state index < -0.39 is 6.10 Å². The quantitative estimate of drug-likeness (QED) is 0.297. The Labute approximate surface area is 233 Å². The first kappa shape index (κ1) is 26.1. The van der Waals surface area contributed by atoms with Crippen LogP contribution < -0.4 is 10.1 Å². The van der Waals surface area contributed by atoms with Gasteiger partial charge in [-0.05, 0) is 73.7 Å². The third-order valence-electron chi connectivity index (χ3n) is 7.91. The Morgan fingerprint density at radius 3 is 2.40 bits per heavy atom. The van der Waals surface area contributed by atoms with Crippen LogP contribution >= 0.6 is 0 Å². The molecule has 2 amide bonds. The number of H-pyrrole nitrogens is 1. The average molecular weight is 539 g/mol. The van der Waals surface area contributed by atoms with Gasteiger partial charge in [-0.2, -0.15) is 5.10 Å². The van der Waals surface area contributed by atoms with E-state index in [2.05, 4.69) is 27.6 Å². The molecule has 0 unspecified atom stereocenters. The molecule has 3 aromatic carbocycles. The lowest BCUT2D eigenvalue weighted by Gasteiger charge is -2.32. The van der Waals surface area contributed by atoms with Crippen molar-refractivity contribution in [3.8, 4) is 17.0 Å².